The van der Waals surface area contributed by atoms with E-state index in [0.29, 0.717) is 19.0 Å². The van der Waals surface area contributed by atoms with Crippen molar-refractivity contribution in [3.8, 4) is 0 Å². The van der Waals surface area contributed by atoms with Gasteiger partial charge in [0.05, 0.1) is 46.2 Å². The van der Waals surface area contributed by atoms with Gasteiger partial charge in [0.15, 0.2) is 17.7 Å². The second kappa shape index (κ2) is 15.7. The second-order valence-corrected chi connectivity index (χ2v) is 9.21. The summed E-state index contributed by atoms with van der Waals surface area (Å²) in [6.07, 6.45) is -15.1. The first-order valence-corrected chi connectivity index (χ1v) is 12.2. The molecule has 2 saturated heterocycles. The van der Waals surface area contributed by atoms with Gasteiger partial charge in [-0.1, -0.05) is 11.8 Å². The van der Waals surface area contributed by atoms with E-state index in [1.807, 2.05) is 0 Å². The van der Waals surface area contributed by atoms with Crippen molar-refractivity contribution in [1.82, 2.24) is 0 Å². The normalized spacial score (nSPS) is 37.9. The van der Waals surface area contributed by atoms with Crippen molar-refractivity contribution in [2.45, 2.75) is 68.3 Å². The van der Waals surface area contributed by atoms with Crippen LogP contribution in [0.4, 0.5) is 0 Å². The van der Waals surface area contributed by atoms with Crippen molar-refractivity contribution in [3.63, 3.8) is 0 Å². The lowest BCUT2D eigenvalue weighted by atomic mass is 9.97. The van der Waals surface area contributed by atoms with Crippen LogP contribution in [0, 0.1) is 0 Å². The first kappa shape index (κ1) is 30.7. The lowest BCUT2D eigenvalue weighted by Gasteiger charge is -2.45. The van der Waals surface area contributed by atoms with Gasteiger partial charge in [0.25, 0.3) is 0 Å². The first-order chi connectivity index (χ1) is 16.7. The lowest BCUT2D eigenvalue weighted by Crippen LogP contribution is -2.64. The van der Waals surface area contributed by atoms with Gasteiger partial charge in [-0.05, 0) is 0 Å². The predicted octanol–water partition coefficient (Wildman–Crippen LogP) is -4.06. The van der Waals surface area contributed by atoms with Crippen LogP contribution in [-0.2, 0) is 33.2 Å². The molecule has 35 heavy (non-hydrogen) atoms. The summed E-state index contributed by atoms with van der Waals surface area (Å²) < 4.78 is 32.3. The number of carbonyl (C=O) groups is 1. The molecule has 0 aliphatic carbocycles. The highest BCUT2D eigenvalue weighted by atomic mass is 32.2. The Morgan fingerprint density at radius 2 is 1.31 bits per heavy atom. The zero-order valence-electron chi connectivity index (χ0n) is 19.3. The average Bonchev–Trinajstić information content (AvgIpc) is 2.83. The molecule has 0 aromatic heterocycles. The van der Waals surface area contributed by atoms with Crippen molar-refractivity contribution in [2.24, 2.45) is 0 Å². The highest BCUT2D eigenvalue weighted by Gasteiger charge is 2.50. The van der Waals surface area contributed by atoms with E-state index < -0.39 is 74.6 Å². The van der Waals surface area contributed by atoms with Gasteiger partial charge in [-0.25, -0.2) is 0 Å². The molecular formula is C20H36O14S. The van der Waals surface area contributed by atoms with Crippen molar-refractivity contribution in [1.29, 1.82) is 0 Å². The monoisotopic (exact) mass is 532 g/mol. The summed E-state index contributed by atoms with van der Waals surface area (Å²) in [7, 11) is 0. The number of ether oxygens (including phenoxy) is 6. The fourth-order valence-corrected chi connectivity index (χ4v) is 3.96. The Hall–Kier alpha value is -0.500. The molecule has 10 atom stereocenters. The van der Waals surface area contributed by atoms with Crippen molar-refractivity contribution in [2.75, 3.05) is 52.0 Å². The predicted molar refractivity (Wildman–Crippen MR) is 117 cm³/mol. The van der Waals surface area contributed by atoms with E-state index in [0.717, 1.165) is 0 Å². The van der Waals surface area contributed by atoms with Crippen LogP contribution in [0.2, 0.25) is 0 Å². The van der Waals surface area contributed by atoms with Crippen LogP contribution in [0.15, 0.2) is 0 Å². The molecule has 2 fully saturated rings. The smallest absolute Gasteiger partial charge is 0.187 e. The van der Waals surface area contributed by atoms with E-state index in [4.69, 9.17) is 28.4 Å². The highest BCUT2D eigenvalue weighted by Crippen LogP contribution is 2.29. The van der Waals surface area contributed by atoms with Gasteiger partial charge in [-0.3, -0.25) is 4.79 Å². The second-order valence-electron chi connectivity index (χ2n) is 7.94. The van der Waals surface area contributed by atoms with Crippen molar-refractivity contribution >= 4 is 16.9 Å². The van der Waals surface area contributed by atoms with E-state index in [-0.39, 0.29) is 24.9 Å². The van der Waals surface area contributed by atoms with Crippen LogP contribution in [0.25, 0.3) is 0 Å². The van der Waals surface area contributed by atoms with Gasteiger partial charge in [0.2, 0.25) is 0 Å². The number of thioether (sulfide) groups is 1. The number of aliphatic hydroxyl groups is 7. The molecule has 0 spiro atoms. The lowest BCUT2D eigenvalue weighted by molar-refractivity contribution is -0.360. The average molecular weight is 533 g/mol. The minimum atomic E-state index is -1.75. The minimum Gasteiger partial charge on any atom is -0.394 e. The van der Waals surface area contributed by atoms with Gasteiger partial charge in [0, 0.05) is 12.7 Å². The molecule has 0 radical (unpaired) electrons. The standard InChI is InChI=1S/C20H36O14S/c1-10(23)35-7-6-30-3-2-29-4-5-31-19-17(28)18(14(25)12(9-22)32-19)34-20-16(27)15(26)13(24)11(8-21)33-20/h11-22,24-28H,2-9H2,1H3/t11-,12-,13+,14+,15+,16-,17-,18+,19-,20-/m1/s1. The molecular weight excluding hydrogens is 496 g/mol. The van der Waals surface area contributed by atoms with Crippen molar-refractivity contribution in [3.05, 3.63) is 0 Å². The van der Waals surface area contributed by atoms with E-state index >= 15 is 0 Å². The molecule has 0 saturated carbocycles. The van der Waals surface area contributed by atoms with Crippen LogP contribution in [0.3, 0.4) is 0 Å². The van der Waals surface area contributed by atoms with E-state index in [2.05, 4.69) is 0 Å². The molecule has 0 aromatic rings. The molecule has 15 heteroatoms. The molecule has 2 heterocycles. The Kier molecular flexibility index (Phi) is 13.8. The highest BCUT2D eigenvalue weighted by molar-refractivity contribution is 8.13. The quantitative estimate of drug-likeness (QED) is 0.106. The molecule has 2 aliphatic heterocycles. The Morgan fingerprint density at radius 1 is 0.743 bits per heavy atom. The fourth-order valence-electron chi connectivity index (χ4n) is 3.48. The largest absolute Gasteiger partial charge is 0.394 e. The van der Waals surface area contributed by atoms with Gasteiger partial charge in [-0.15, -0.1) is 0 Å². The summed E-state index contributed by atoms with van der Waals surface area (Å²) in [5, 5.41) is 69.9. The number of hydrogen-bond acceptors (Lipinski definition) is 15. The molecule has 206 valence electrons. The maximum atomic E-state index is 10.8. The summed E-state index contributed by atoms with van der Waals surface area (Å²) in [5.41, 5.74) is 0. The zero-order chi connectivity index (χ0) is 26.0. The van der Waals surface area contributed by atoms with E-state index in [9.17, 15) is 40.5 Å². The van der Waals surface area contributed by atoms with E-state index in [1.165, 1.54) is 18.7 Å². The van der Waals surface area contributed by atoms with Crippen LogP contribution >= 0.6 is 11.8 Å². The van der Waals surface area contributed by atoms with Crippen LogP contribution in [0.5, 0.6) is 0 Å². The zero-order valence-corrected chi connectivity index (χ0v) is 20.1. The number of aliphatic hydroxyl groups excluding tert-OH is 7. The van der Waals surface area contributed by atoms with Crippen LogP contribution in [0.1, 0.15) is 6.92 Å². The summed E-state index contributed by atoms with van der Waals surface area (Å²) >= 11 is 1.17. The first-order valence-electron chi connectivity index (χ1n) is 11.2. The summed E-state index contributed by atoms with van der Waals surface area (Å²) in [6.45, 7) is 1.24. The maximum absolute atomic E-state index is 10.8. The summed E-state index contributed by atoms with van der Waals surface area (Å²) in [5.74, 6) is 0.555. The molecule has 0 unspecified atom stereocenters. The number of hydrogen-bond donors (Lipinski definition) is 7. The molecule has 2 rings (SSSR count). The molecule has 14 nitrogen and oxygen atoms in total. The Labute approximate surface area is 206 Å². The topological polar surface area (TPSA) is 214 Å². The van der Waals surface area contributed by atoms with Crippen LogP contribution in [-0.4, -0.2) is 154 Å². The molecule has 7 N–H and O–H groups in total. The Bertz CT molecular complexity index is 612. The summed E-state index contributed by atoms with van der Waals surface area (Å²) in [6, 6.07) is 0. The molecule has 0 amide bonds. The fraction of sp³-hybridized carbons (Fsp3) is 0.950. The third-order valence-corrected chi connectivity index (χ3v) is 6.15. The van der Waals surface area contributed by atoms with Gasteiger partial charge < -0.3 is 64.2 Å². The summed E-state index contributed by atoms with van der Waals surface area (Å²) in [4.78, 5) is 10.8. The van der Waals surface area contributed by atoms with Crippen molar-refractivity contribution < 1.29 is 69.0 Å². The third kappa shape index (κ3) is 9.08. The van der Waals surface area contributed by atoms with Gasteiger partial charge in [0.1, 0.15) is 48.8 Å². The Balaban J connectivity index is 1.81. The third-order valence-electron chi connectivity index (χ3n) is 5.38. The van der Waals surface area contributed by atoms with Gasteiger partial charge in [-0.2, -0.15) is 0 Å². The molecule has 0 aromatic carbocycles. The molecule has 2 aliphatic rings. The number of rotatable bonds is 14. The van der Waals surface area contributed by atoms with E-state index in [1.54, 1.807) is 0 Å². The minimum absolute atomic E-state index is 0.0194. The number of carbonyl (C=O) groups excluding carboxylic acids is 1. The Morgan fingerprint density at radius 3 is 1.94 bits per heavy atom. The molecule has 0 bridgehead atoms. The maximum Gasteiger partial charge on any atom is 0.187 e. The van der Waals surface area contributed by atoms with Gasteiger partial charge >= 0.3 is 0 Å². The SMILES string of the molecule is CC(=O)SCCOCCOCCO[C@@H]1O[C@H](CO)[C@H](O)[C@H](O[C@H]2O[C@H](CO)[C@H](O)[C@H](O)[C@H]2O)[C@H]1O. The van der Waals surface area contributed by atoms with Crippen LogP contribution < -0.4 is 0 Å².